The molecule has 0 aliphatic carbocycles. The quantitative estimate of drug-likeness (QED) is 0.715. The van der Waals surface area contributed by atoms with Crippen LogP contribution in [0.2, 0.25) is 0 Å². The van der Waals surface area contributed by atoms with Gasteiger partial charge in [-0.3, -0.25) is 4.79 Å². The number of nitrogens with one attached hydrogen (secondary N) is 1. The highest BCUT2D eigenvalue weighted by Gasteiger charge is 2.37. The lowest BCUT2D eigenvalue weighted by Gasteiger charge is -2.38. The van der Waals surface area contributed by atoms with E-state index >= 15 is 0 Å². The molecule has 2 rings (SSSR count). The average Bonchev–Trinajstić information content (AvgIpc) is 2.62. The topological polar surface area (TPSA) is 90.0 Å². The van der Waals surface area contributed by atoms with Crippen molar-refractivity contribution in [2.75, 3.05) is 26.2 Å². The molecule has 112 valence electrons. The third kappa shape index (κ3) is 3.20. The monoisotopic (exact) mass is 283 g/mol. The zero-order valence-electron chi connectivity index (χ0n) is 11.7. The predicted molar refractivity (Wildman–Crippen MR) is 71.1 cm³/mol. The first kappa shape index (κ1) is 14.6. The molecule has 2 unspecified atom stereocenters. The van der Waals surface area contributed by atoms with Crippen LogP contribution in [0, 0.1) is 5.92 Å². The number of rotatable bonds is 1. The van der Waals surface area contributed by atoms with E-state index in [0.717, 1.165) is 6.42 Å². The van der Waals surface area contributed by atoms with Crippen LogP contribution in [-0.2, 0) is 9.59 Å². The molecule has 0 spiro atoms. The van der Waals surface area contributed by atoms with Crippen molar-refractivity contribution in [3.05, 3.63) is 0 Å². The van der Waals surface area contributed by atoms with Gasteiger partial charge in [-0.2, -0.15) is 0 Å². The van der Waals surface area contributed by atoms with E-state index in [4.69, 9.17) is 0 Å². The lowest BCUT2D eigenvalue weighted by molar-refractivity contribution is -0.144. The Morgan fingerprint density at radius 3 is 2.75 bits per heavy atom. The summed E-state index contributed by atoms with van der Waals surface area (Å²) < 4.78 is 0. The second-order valence-corrected chi connectivity index (χ2v) is 5.55. The van der Waals surface area contributed by atoms with Crippen LogP contribution in [0.25, 0.3) is 0 Å². The molecule has 2 aliphatic rings. The van der Waals surface area contributed by atoms with Gasteiger partial charge in [-0.1, -0.05) is 6.92 Å². The number of nitrogens with zero attached hydrogens (tertiary/aromatic N) is 2. The van der Waals surface area contributed by atoms with Gasteiger partial charge >= 0.3 is 12.0 Å². The smallest absolute Gasteiger partial charge is 0.326 e. The number of hydrogen-bond donors (Lipinski definition) is 2. The van der Waals surface area contributed by atoms with Crippen LogP contribution >= 0.6 is 0 Å². The van der Waals surface area contributed by atoms with Crippen LogP contribution < -0.4 is 5.32 Å². The molecule has 0 aromatic rings. The average molecular weight is 283 g/mol. The van der Waals surface area contributed by atoms with Crippen molar-refractivity contribution in [1.29, 1.82) is 0 Å². The summed E-state index contributed by atoms with van der Waals surface area (Å²) in [5.41, 5.74) is 0. The number of likely N-dealkylation sites (tertiary alicyclic amines) is 1. The number of carbonyl (C=O) groups excluding carboxylic acids is 2. The summed E-state index contributed by atoms with van der Waals surface area (Å²) in [5.74, 6) is -0.705. The second kappa shape index (κ2) is 6.11. The first-order valence-electron chi connectivity index (χ1n) is 7.04. The molecule has 0 aromatic carbocycles. The number of amides is 3. The van der Waals surface area contributed by atoms with E-state index in [1.54, 1.807) is 4.90 Å². The summed E-state index contributed by atoms with van der Waals surface area (Å²) in [5, 5.41) is 12.0. The molecule has 0 bridgehead atoms. The van der Waals surface area contributed by atoms with Crippen molar-refractivity contribution in [2.45, 2.75) is 32.2 Å². The minimum Gasteiger partial charge on any atom is -0.480 e. The molecular formula is C13H21N3O4. The van der Waals surface area contributed by atoms with Crippen LogP contribution in [0.15, 0.2) is 0 Å². The van der Waals surface area contributed by atoms with Gasteiger partial charge in [-0.15, -0.1) is 0 Å². The Hall–Kier alpha value is -1.79. The maximum absolute atomic E-state index is 12.5. The Bertz CT molecular complexity index is 412. The number of carboxylic acid groups (broad SMARTS) is 1. The Kier molecular flexibility index (Phi) is 4.46. The SMILES string of the molecule is CC1CCN(C(=O)N2CCNC(=O)CC2)C(C(=O)O)C1. The van der Waals surface area contributed by atoms with Crippen molar-refractivity contribution in [3.63, 3.8) is 0 Å². The number of piperidine rings is 1. The minimum absolute atomic E-state index is 0.0673. The number of hydrogen-bond acceptors (Lipinski definition) is 3. The fourth-order valence-electron chi connectivity index (χ4n) is 2.74. The fourth-order valence-corrected chi connectivity index (χ4v) is 2.74. The summed E-state index contributed by atoms with van der Waals surface area (Å²) in [6.07, 6.45) is 1.58. The van der Waals surface area contributed by atoms with E-state index in [1.807, 2.05) is 6.92 Å². The molecule has 2 saturated heterocycles. The van der Waals surface area contributed by atoms with Gasteiger partial charge in [0.2, 0.25) is 5.91 Å². The van der Waals surface area contributed by atoms with Gasteiger partial charge in [-0.25, -0.2) is 9.59 Å². The van der Waals surface area contributed by atoms with E-state index in [0.29, 0.717) is 38.5 Å². The van der Waals surface area contributed by atoms with Gasteiger partial charge in [0.15, 0.2) is 0 Å². The van der Waals surface area contributed by atoms with Crippen molar-refractivity contribution in [2.24, 2.45) is 5.92 Å². The molecule has 7 nitrogen and oxygen atoms in total. The normalized spacial score (nSPS) is 27.8. The highest BCUT2D eigenvalue weighted by Crippen LogP contribution is 2.24. The molecule has 20 heavy (non-hydrogen) atoms. The summed E-state index contributed by atoms with van der Waals surface area (Å²) >= 11 is 0. The van der Waals surface area contributed by atoms with Crippen molar-refractivity contribution in [1.82, 2.24) is 15.1 Å². The van der Waals surface area contributed by atoms with Gasteiger partial charge < -0.3 is 20.2 Å². The Morgan fingerprint density at radius 1 is 1.30 bits per heavy atom. The molecule has 2 N–H and O–H groups in total. The van der Waals surface area contributed by atoms with Crippen LogP contribution in [0.4, 0.5) is 4.79 Å². The molecule has 2 heterocycles. The Morgan fingerprint density at radius 2 is 2.05 bits per heavy atom. The summed E-state index contributed by atoms with van der Waals surface area (Å²) in [6.45, 7) is 3.68. The zero-order chi connectivity index (χ0) is 14.7. The van der Waals surface area contributed by atoms with Gasteiger partial charge in [0, 0.05) is 32.6 Å². The summed E-state index contributed by atoms with van der Waals surface area (Å²) in [7, 11) is 0. The molecule has 2 atom stereocenters. The van der Waals surface area contributed by atoms with Gasteiger partial charge in [0.25, 0.3) is 0 Å². The maximum Gasteiger partial charge on any atom is 0.326 e. The lowest BCUT2D eigenvalue weighted by Crippen LogP contribution is -2.54. The third-order valence-corrected chi connectivity index (χ3v) is 3.98. The highest BCUT2D eigenvalue weighted by molar-refractivity contribution is 5.84. The van der Waals surface area contributed by atoms with Crippen molar-refractivity contribution in [3.8, 4) is 0 Å². The van der Waals surface area contributed by atoms with Crippen LogP contribution in [-0.4, -0.2) is 65.0 Å². The Labute approximate surface area is 117 Å². The first-order chi connectivity index (χ1) is 9.49. The number of urea groups is 1. The molecule has 0 aromatic heterocycles. The molecule has 0 saturated carbocycles. The standard InChI is InChI=1S/C13H21N3O4/c1-9-2-6-16(10(8-9)12(18)19)13(20)15-5-3-11(17)14-4-7-15/h9-10H,2-8H2,1H3,(H,14,17)(H,18,19). The third-order valence-electron chi connectivity index (χ3n) is 3.98. The van der Waals surface area contributed by atoms with Crippen LogP contribution in [0.5, 0.6) is 0 Å². The molecule has 2 fully saturated rings. The van der Waals surface area contributed by atoms with E-state index in [2.05, 4.69) is 5.32 Å². The zero-order valence-corrected chi connectivity index (χ0v) is 11.7. The van der Waals surface area contributed by atoms with Crippen LogP contribution in [0.3, 0.4) is 0 Å². The second-order valence-electron chi connectivity index (χ2n) is 5.55. The van der Waals surface area contributed by atoms with Crippen molar-refractivity contribution >= 4 is 17.9 Å². The first-order valence-corrected chi connectivity index (χ1v) is 7.04. The maximum atomic E-state index is 12.5. The van der Waals surface area contributed by atoms with E-state index in [9.17, 15) is 19.5 Å². The van der Waals surface area contributed by atoms with Crippen molar-refractivity contribution < 1.29 is 19.5 Å². The summed E-state index contributed by atoms with van der Waals surface area (Å²) in [6, 6.07) is -1.01. The largest absolute Gasteiger partial charge is 0.480 e. The van der Waals surface area contributed by atoms with Gasteiger partial charge in [0.05, 0.1) is 0 Å². The van der Waals surface area contributed by atoms with Crippen LogP contribution in [0.1, 0.15) is 26.2 Å². The van der Waals surface area contributed by atoms with E-state index in [1.165, 1.54) is 4.90 Å². The molecule has 2 aliphatic heterocycles. The van der Waals surface area contributed by atoms with Gasteiger partial charge in [-0.05, 0) is 18.8 Å². The van der Waals surface area contributed by atoms with E-state index < -0.39 is 12.0 Å². The highest BCUT2D eigenvalue weighted by atomic mass is 16.4. The van der Waals surface area contributed by atoms with Gasteiger partial charge in [0.1, 0.15) is 6.04 Å². The van der Waals surface area contributed by atoms with E-state index in [-0.39, 0.29) is 18.4 Å². The number of aliphatic carboxylic acids is 1. The lowest BCUT2D eigenvalue weighted by atomic mass is 9.92. The number of carbonyl (C=O) groups is 3. The summed E-state index contributed by atoms with van der Waals surface area (Å²) in [4.78, 5) is 38.1. The molecule has 0 radical (unpaired) electrons. The molecule has 3 amide bonds. The minimum atomic E-state index is -0.950. The predicted octanol–water partition coefficient (Wildman–Crippen LogP) is 0.113. The molecule has 7 heteroatoms. The number of carboxylic acids is 1. The molecular weight excluding hydrogens is 262 g/mol. The Balaban J connectivity index is 2.06. The fraction of sp³-hybridized carbons (Fsp3) is 0.769.